The van der Waals surface area contributed by atoms with Gasteiger partial charge in [-0.25, -0.2) is 0 Å². The van der Waals surface area contributed by atoms with Crippen LogP contribution in [0.25, 0.3) is 111 Å². The third-order valence-electron chi connectivity index (χ3n) is 12.5. The molecular formula is C60H40N2. The Bertz CT molecular complexity index is 3550. The van der Waals surface area contributed by atoms with Crippen molar-refractivity contribution in [1.29, 1.82) is 0 Å². The van der Waals surface area contributed by atoms with Crippen LogP contribution in [0.2, 0.25) is 0 Å². The van der Waals surface area contributed by atoms with Crippen LogP contribution in [0.4, 0.5) is 0 Å². The Morgan fingerprint density at radius 3 is 1.05 bits per heavy atom. The highest BCUT2D eigenvalue weighted by atomic mass is 15.0. The fourth-order valence-corrected chi connectivity index (χ4v) is 9.53. The van der Waals surface area contributed by atoms with Crippen LogP contribution in [0.3, 0.4) is 0 Å². The molecule has 290 valence electrons. The van der Waals surface area contributed by atoms with E-state index >= 15 is 0 Å². The molecule has 62 heavy (non-hydrogen) atoms. The summed E-state index contributed by atoms with van der Waals surface area (Å²) in [5.74, 6) is 0. The van der Waals surface area contributed by atoms with E-state index in [1.807, 2.05) is 0 Å². The van der Waals surface area contributed by atoms with Gasteiger partial charge in [0.1, 0.15) is 0 Å². The molecule has 0 fully saturated rings. The molecule has 12 rings (SSSR count). The predicted octanol–water partition coefficient (Wildman–Crippen LogP) is 16.2. The normalized spacial score (nSPS) is 11.5. The Morgan fingerprint density at radius 1 is 0.177 bits per heavy atom. The number of rotatable bonds is 7. The maximum atomic E-state index is 2.44. The molecule has 10 aromatic carbocycles. The molecule has 0 bridgehead atoms. The van der Waals surface area contributed by atoms with Crippen molar-refractivity contribution in [3.8, 4) is 67.0 Å². The number of hydrogen-bond acceptors (Lipinski definition) is 0. The highest BCUT2D eigenvalue weighted by Crippen LogP contribution is 2.40. The highest BCUT2D eigenvalue weighted by molar-refractivity contribution is 6.13. The third-order valence-corrected chi connectivity index (χ3v) is 12.5. The zero-order chi connectivity index (χ0) is 41.0. The first-order chi connectivity index (χ1) is 30.7. The minimum atomic E-state index is 1.14. The van der Waals surface area contributed by atoms with Crippen LogP contribution in [0.1, 0.15) is 0 Å². The van der Waals surface area contributed by atoms with Gasteiger partial charge in [0, 0.05) is 32.9 Å². The molecule has 0 aliphatic rings. The fraction of sp³-hybridized carbons (Fsp3) is 0. The molecule has 0 saturated carbocycles. The standard InChI is InChI=1S/C60H40N2/c1-4-16-41(17-5-1)44-22-14-23-45(34-44)46-24-15-25-51(36-46)61-57-28-12-10-26-53(57)55-39-47(30-32-59(55)61)48-31-33-60-56(40-48)54-27-11-13-29-58(54)62(60)52-37-49(42-18-6-2-7-19-42)35-50(38-52)43-20-8-3-9-21-43/h1-40H. The lowest BCUT2D eigenvalue weighted by atomic mass is 9.98. The summed E-state index contributed by atoms with van der Waals surface area (Å²) in [6.07, 6.45) is 0. The van der Waals surface area contributed by atoms with Crippen molar-refractivity contribution in [3.05, 3.63) is 243 Å². The van der Waals surface area contributed by atoms with Crippen molar-refractivity contribution in [3.63, 3.8) is 0 Å². The van der Waals surface area contributed by atoms with Crippen LogP contribution in [-0.2, 0) is 0 Å². The number of para-hydroxylation sites is 2. The summed E-state index contributed by atoms with van der Waals surface area (Å²) in [6, 6.07) is 88.4. The molecule has 0 radical (unpaired) electrons. The Hall–Kier alpha value is -8.20. The molecule has 0 amide bonds. The number of fused-ring (bicyclic) bond motifs is 6. The van der Waals surface area contributed by atoms with Gasteiger partial charge in [-0.05, 0) is 128 Å². The number of benzene rings is 10. The van der Waals surface area contributed by atoms with E-state index in [1.165, 1.54) is 99.2 Å². The van der Waals surface area contributed by atoms with Crippen molar-refractivity contribution < 1.29 is 0 Å². The smallest absolute Gasteiger partial charge is 0.0541 e. The van der Waals surface area contributed by atoms with Gasteiger partial charge in [-0.3, -0.25) is 0 Å². The van der Waals surface area contributed by atoms with Gasteiger partial charge in [0.25, 0.3) is 0 Å². The summed E-state index contributed by atoms with van der Waals surface area (Å²) in [6.45, 7) is 0. The minimum Gasteiger partial charge on any atom is -0.309 e. The molecule has 0 aliphatic heterocycles. The molecular weight excluding hydrogens is 749 g/mol. The molecule has 0 spiro atoms. The van der Waals surface area contributed by atoms with Crippen LogP contribution in [-0.4, -0.2) is 9.13 Å². The largest absolute Gasteiger partial charge is 0.309 e. The summed E-state index contributed by atoms with van der Waals surface area (Å²) < 4.78 is 4.86. The van der Waals surface area contributed by atoms with Crippen LogP contribution < -0.4 is 0 Å². The van der Waals surface area contributed by atoms with Gasteiger partial charge in [-0.15, -0.1) is 0 Å². The second-order valence-corrected chi connectivity index (χ2v) is 16.2. The van der Waals surface area contributed by atoms with Crippen molar-refractivity contribution in [2.75, 3.05) is 0 Å². The van der Waals surface area contributed by atoms with E-state index in [-0.39, 0.29) is 0 Å². The molecule has 0 saturated heterocycles. The van der Waals surface area contributed by atoms with Crippen LogP contribution in [0.5, 0.6) is 0 Å². The zero-order valence-corrected chi connectivity index (χ0v) is 34.0. The topological polar surface area (TPSA) is 9.86 Å². The van der Waals surface area contributed by atoms with Gasteiger partial charge in [-0.1, -0.05) is 170 Å². The lowest BCUT2D eigenvalue weighted by molar-refractivity contribution is 1.18. The zero-order valence-electron chi connectivity index (χ0n) is 34.0. The first-order valence-electron chi connectivity index (χ1n) is 21.3. The Morgan fingerprint density at radius 2 is 0.516 bits per heavy atom. The molecule has 0 unspecified atom stereocenters. The van der Waals surface area contributed by atoms with E-state index in [9.17, 15) is 0 Å². The molecule has 0 atom stereocenters. The molecule has 2 heteroatoms. The third kappa shape index (κ3) is 6.12. The Balaban J connectivity index is 0.980. The van der Waals surface area contributed by atoms with E-state index in [0.717, 1.165) is 11.4 Å². The quantitative estimate of drug-likeness (QED) is 0.152. The number of aromatic nitrogens is 2. The van der Waals surface area contributed by atoms with Crippen LogP contribution in [0, 0.1) is 0 Å². The second kappa shape index (κ2) is 14.8. The maximum Gasteiger partial charge on any atom is 0.0541 e. The summed E-state index contributed by atoms with van der Waals surface area (Å²) in [7, 11) is 0. The lowest BCUT2D eigenvalue weighted by Crippen LogP contribution is -1.96. The van der Waals surface area contributed by atoms with Crippen molar-refractivity contribution in [2.24, 2.45) is 0 Å². The first kappa shape index (κ1) is 35.7. The molecule has 0 N–H and O–H groups in total. The fourth-order valence-electron chi connectivity index (χ4n) is 9.53. The minimum absolute atomic E-state index is 1.14. The highest BCUT2D eigenvalue weighted by Gasteiger charge is 2.18. The summed E-state index contributed by atoms with van der Waals surface area (Å²) >= 11 is 0. The average molecular weight is 789 g/mol. The van der Waals surface area contributed by atoms with Gasteiger partial charge in [0.15, 0.2) is 0 Å². The first-order valence-corrected chi connectivity index (χ1v) is 21.3. The second-order valence-electron chi connectivity index (χ2n) is 16.2. The molecule has 0 aliphatic carbocycles. The molecule has 12 aromatic rings. The van der Waals surface area contributed by atoms with E-state index < -0.39 is 0 Å². The van der Waals surface area contributed by atoms with Gasteiger partial charge in [0.05, 0.1) is 22.1 Å². The molecule has 2 nitrogen and oxygen atoms in total. The van der Waals surface area contributed by atoms with Crippen molar-refractivity contribution >= 4 is 43.6 Å². The van der Waals surface area contributed by atoms with Gasteiger partial charge < -0.3 is 9.13 Å². The van der Waals surface area contributed by atoms with E-state index in [2.05, 4.69) is 252 Å². The Labute approximate surface area is 360 Å². The van der Waals surface area contributed by atoms with Gasteiger partial charge in [0.2, 0.25) is 0 Å². The predicted molar refractivity (Wildman–Crippen MR) is 262 cm³/mol. The number of nitrogens with zero attached hydrogens (tertiary/aromatic N) is 2. The lowest BCUT2D eigenvalue weighted by Gasteiger charge is -2.14. The summed E-state index contributed by atoms with van der Waals surface area (Å²) in [5.41, 5.74) is 19.1. The Kier molecular flexibility index (Phi) is 8.53. The van der Waals surface area contributed by atoms with E-state index in [4.69, 9.17) is 0 Å². The van der Waals surface area contributed by atoms with Crippen LogP contribution in [0.15, 0.2) is 243 Å². The van der Waals surface area contributed by atoms with Crippen molar-refractivity contribution in [2.45, 2.75) is 0 Å². The SMILES string of the molecule is c1ccc(-c2cccc(-c3cccc(-n4c5ccccc5c5cc(-c6ccc7c(c6)c6ccccc6n7-c6cc(-c7ccccc7)cc(-c7ccccc7)c6)ccc54)c3)c2)cc1. The summed E-state index contributed by atoms with van der Waals surface area (Å²) in [4.78, 5) is 0. The van der Waals surface area contributed by atoms with E-state index in [1.54, 1.807) is 0 Å². The number of hydrogen-bond donors (Lipinski definition) is 0. The summed E-state index contributed by atoms with van der Waals surface area (Å²) in [5, 5.41) is 4.96. The van der Waals surface area contributed by atoms with Gasteiger partial charge >= 0.3 is 0 Å². The van der Waals surface area contributed by atoms with Gasteiger partial charge in [-0.2, -0.15) is 0 Å². The molecule has 2 heterocycles. The monoisotopic (exact) mass is 788 g/mol. The molecule has 2 aromatic heterocycles. The van der Waals surface area contributed by atoms with Crippen molar-refractivity contribution in [1.82, 2.24) is 9.13 Å². The van der Waals surface area contributed by atoms with Crippen LogP contribution >= 0.6 is 0 Å². The maximum absolute atomic E-state index is 2.44. The van der Waals surface area contributed by atoms with E-state index in [0.29, 0.717) is 0 Å². The average Bonchev–Trinajstić information content (AvgIpc) is 3.87.